The fraction of sp³-hybridized carbons (Fsp3) is 0.474. The van der Waals surface area contributed by atoms with Crippen LogP contribution in [0.15, 0.2) is 29.3 Å². The van der Waals surface area contributed by atoms with Crippen molar-refractivity contribution in [3.8, 4) is 0 Å². The van der Waals surface area contributed by atoms with Crippen molar-refractivity contribution in [2.24, 2.45) is 4.99 Å². The third-order valence-electron chi connectivity index (χ3n) is 4.23. The summed E-state index contributed by atoms with van der Waals surface area (Å²) in [5, 5.41) is 7.78. The number of halogens is 1. The first-order chi connectivity index (χ1) is 11.8. The summed E-state index contributed by atoms with van der Waals surface area (Å²) in [5.74, 6) is 0.539. The number of benzene rings is 1. The summed E-state index contributed by atoms with van der Waals surface area (Å²) in [6.07, 6.45) is 0.868. The minimum Gasteiger partial charge on any atom is -0.356 e. The normalized spacial score (nSPS) is 12.3. The van der Waals surface area contributed by atoms with Crippen LogP contribution >= 0.6 is 11.3 Å². The lowest BCUT2D eigenvalue weighted by molar-refractivity contribution is 0.503. The zero-order chi connectivity index (χ0) is 18.4. The number of aryl methyl sites for hydroxylation is 2. The Morgan fingerprint density at radius 3 is 2.64 bits per heavy atom. The molecule has 0 saturated heterocycles. The second kappa shape index (κ2) is 8.43. The Morgan fingerprint density at radius 2 is 2.04 bits per heavy atom. The summed E-state index contributed by atoms with van der Waals surface area (Å²) in [4.78, 5) is 10.1. The van der Waals surface area contributed by atoms with Crippen molar-refractivity contribution in [3.05, 3.63) is 51.2 Å². The maximum atomic E-state index is 13.5. The van der Waals surface area contributed by atoms with Crippen LogP contribution in [0.1, 0.15) is 35.0 Å². The van der Waals surface area contributed by atoms with Crippen LogP contribution in [0, 0.1) is 19.7 Å². The van der Waals surface area contributed by atoms with Crippen LogP contribution in [-0.4, -0.2) is 31.1 Å². The van der Waals surface area contributed by atoms with Crippen LogP contribution in [0.25, 0.3) is 0 Å². The molecule has 136 valence electrons. The molecule has 0 radical (unpaired) electrons. The van der Waals surface area contributed by atoms with Crippen molar-refractivity contribution in [1.82, 2.24) is 15.6 Å². The molecule has 1 aromatic carbocycles. The first-order valence-corrected chi connectivity index (χ1v) is 9.27. The van der Waals surface area contributed by atoms with Crippen LogP contribution in [0.2, 0.25) is 0 Å². The quantitative estimate of drug-likeness (QED) is 0.610. The van der Waals surface area contributed by atoms with E-state index in [0.29, 0.717) is 6.54 Å². The highest BCUT2D eigenvalue weighted by atomic mass is 32.1. The Hall–Kier alpha value is -1.95. The Kier molecular flexibility index (Phi) is 6.53. The van der Waals surface area contributed by atoms with Crippen molar-refractivity contribution in [1.29, 1.82) is 0 Å². The van der Waals surface area contributed by atoms with E-state index in [1.165, 1.54) is 10.9 Å². The first-order valence-electron chi connectivity index (χ1n) is 8.45. The Balaban J connectivity index is 1.85. The fourth-order valence-corrected chi connectivity index (χ4v) is 3.40. The summed E-state index contributed by atoms with van der Waals surface area (Å²) < 4.78 is 13.5. The highest BCUT2D eigenvalue weighted by molar-refractivity contribution is 7.11. The molecule has 0 spiro atoms. The zero-order valence-corrected chi connectivity index (χ0v) is 16.4. The molecule has 0 atom stereocenters. The number of nitrogens with one attached hydrogen (secondary N) is 2. The van der Waals surface area contributed by atoms with Gasteiger partial charge in [-0.25, -0.2) is 9.37 Å². The van der Waals surface area contributed by atoms with E-state index in [-0.39, 0.29) is 11.2 Å². The largest absolute Gasteiger partial charge is 0.356 e. The van der Waals surface area contributed by atoms with Gasteiger partial charge in [0.1, 0.15) is 5.82 Å². The number of hydrogen-bond acceptors (Lipinski definition) is 3. The summed E-state index contributed by atoms with van der Waals surface area (Å²) in [5.41, 5.74) is 1.87. The molecule has 2 rings (SSSR count). The fourth-order valence-electron chi connectivity index (χ4n) is 2.47. The molecule has 0 aliphatic heterocycles. The molecule has 2 N–H and O–H groups in total. The number of thiazole rings is 1. The lowest BCUT2D eigenvalue weighted by atomic mass is 9.84. The highest BCUT2D eigenvalue weighted by Crippen LogP contribution is 2.22. The van der Waals surface area contributed by atoms with Crippen molar-refractivity contribution in [3.63, 3.8) is 0 Å². The molecule has 0 aliphatic rings. The van der Waals surface area contributed by atoms with Crippen molar-refractivity contribution in [2.45, 2.75) is 39.5 Å². The van der Waals surface area contributed by atoms with Crippen molar-refractivity contribution < 1.29 is 4.39 Å². The number of rotatable bonds is 6. The Morgan fingerprint density at radius 1 is 1.28 bits per heavy atom. The van der Waals surface area contributed by atoms with Gasteiger partial charge in [0.2, 0.25) is 0 Å². The molecule has 0 aliphatic carbocycles. The van der Waals surface area contributed by atoms with Crippen molar-refractivity contribution in [2.75, 3.05) is 20.1 Å². The second-order valence-electron chi connectivity index (χ2n) is 6.75. The number of nitrogens with zero attached hydrogens (tertiary/aromatic N) is 2. The second-order valence-corrected chi connectivity index (χ2v) is 8.03. The van der Waals surface area contributed by atoms with Gasteiger partial charge in [-0.3, -0.25) is 4.99 Å². The molecular formula is C19H27FN4S. The Bertz CT molecular complexity index is 717. The van der Waals surface area contributed by atoms with E-state index in [0.717, 1.165) is 35.2 Å². The van der Waals surface area contributed by atoms with Gasteiger partial charge in [-0.05, 0) is 31.5 Å². The van der Waals surface area contributed by atoms with Gasteiger partial charge in [0.15, 0.2) is 5.96 Å². The summed E-state index contributed by atoms with van der Waals surface area (Å²) in [6.45, 7) is 9.74. The number of guanidine groups is 1. The Labute approximate surface area is 153 Å². The van der Waals surface area contributed by atoms with Crippen LogP contribution in [0.4, 0.5) is 4.39 Å². The van der Waals surface area contributed by atoms with Gasteiger partial charge in [-0.1, -0.05) is 26.0 Å². The number of hydrogen-bond donors (Lipinski definition) is 2. The number of aliphatic imine (C=N–C) groups is 1. The van der Waals surface area contributed by atoms with Gasteiger partial charge in [0.25, 0.3) is 0 Å². The smallest absolute Gasteiger partial charge is 0.191 e. The van der Waals surface area contributed by atoms with E-state index in [2.05, 4.69) is 41.4 Å². The van der Waals surface area contributed by atoms with E-state index >= 15 is 0 Å². The average Bonchev–Trinajstić information content (AvgIpc) is 2.89. The third kappa shape index (κ3) is 5.53. The lowest BCUT2D eigenvalue weighted by Crippen LogP contribution is -2.44. The van der Waals surface area contributed by atoms with Gasteiger partial charge in [-0.2, -0.15) is 0 Å². The monoisotopic (exact) mass is 362 g/mol. The molecular weight excluding hydrogens is 335 g/mol. The van der Waals surface area contributed by atoms with Crippen LogP contribution in [-0.2, 0) is 11.8 Å². The van der Waals surface area contributed by atoms with Crippen LogP contribution < -0.4 is 10.6 Å². The summed E-state index contributed by atoms with van der Waals surface area (Å²) in [6, 6.07) is 6.76. The molecule has 0 amide bonds. The standard InChI is InChI=1S/C19H27FN4S/c1-13-14(2)25-17(24-13)9-10-22-18(21-5)23-12-19(3,4)15-7-6-8-16(20)11-15/h6-8,11H,9-10,12H2,1-5H3,(H2,21,22,23). The van der Waals surface area contributed by atoms with Crippen LogP contribution in [0.5, 0.6) is 0 Å². The third-order valence-corrected chi connectivity index (χ3v) is 5.36. The first kappa shape index (κ1) is 19.4. The predicted octanol–water partition coefficient (Wildman–Crippen LogP) is 3.58. The molecule has 6 heteroatoms. The molecule has 1 aromatic heterocycles. The van der Waals surface area contributed by atoms with E-state index in [1.807, 2.05) is 13.0 Å². The molecule has 1 heterocycles. The minimum atomic E-state index is -0.206. The van der Waals surface area contributed by atoms with E-state index in [4.69, 9.17) is 0 Å². The maximum absolute atomic E-state index is 13.5. The molecule has 4 nitrogen and oxygen atoms in total. The molecule has 0 bridgehead atoms. The average molecular weight is 363 g/mol. The molecule has 2 aromatic rings. The lowest BCUT2D eigenvalue weighted by Gasteiger charge is -2.26. The van der Waals surface area contributed by atoms with Gasteiger partial charge in [0, 0.05) is 36.9 Å². The van der Waals surface area contributed by atoms with Gasteiger partial charge < -0.3 is 10.6 Å². The van der Waals surface area contributed by atoms with E-state index < -0.39 is 0 Å². The SMILES string of the molecule is CN=C(NCCc1nc(C)c(C)s1)NCC(C)(C)c1cccc(F)c1. The highest BCUT2D eigenvalue weighted by Gasteiger charge is 2.21. The predicted molar refractivity (Wildman–Crippen MR) is 104 cm³/mol. The van der Waals surface area contributed by atoms with Crippen LogP contribution in [0.3, 0.4) is 0 Å². The zero-order valence-electron chi connectivity index (χ0n) is 15.6. The topological polar surface area (TPSA) is 49.3 Å². The van der Waals surface area contributed by atoms with E-state index in [1.54, 1.807) is 30.5 Å². The molecule has 25 heavy (non-hydrogen) atoms. The molecule has 0 fully saturated rings. The molecule has 0 unspecified atom stereocenters. The summed E-state index contributed by atoms with van der Waals surface area (Å²) >= 11 is 1.74. The summed E-state index contributed by atoms with van der Waals surface area (Å²) in [7, 11) is 1.75. The molecule has 0 saturated carbocycles. The number of aromatic nitrogens is 1. The van der Waals surface area contributed by atoms with Crippen molar-refractivity contribution >= 4 is 17.3 Å². The van der Waals surface area contributed by atoms with Gasteiger partial charge in [-0.15, -0.1) is 11.3 Å². The van der Waals surface area contributed by atoms with Gasteiger partial charge in [0.05, 0.1) is 10.7 Å². The minimum absolute atomic E-state index is 0.205. The van der Waals surface area contributed by atoms with Gasteiger partial charge >= 0.3 is 0 Å². The maximum Gasteiger partial charge on any atom is 0.191 e. The van der Waals surface area contributed by atoms with E-state index in [9.17, 15) is 4.39 Å².